The second-order valence-corrected chi connectivity index (χ2v) is 5.61. The van der Waals surface area contributed by atoms with Crippen LogP contribution in [0.25, 0.3) is 0 Å². The van der Waals surface area contributed by atoms with Gasteiger partial charge in [-0.05, 0) is 23.8 Å². The second-order valence-electron chi connectivity index (χ2n) is 5.20. The van der Waals surface area contributed by atoms with Crippen molar-refractivity contribution in [1.82, 2.24) is 9.78 Å². The molecule has 0 saturated carbocycles. The first-order chi connectivity index (χ1) is 11.7. The normalized spacial score (nSPS) is 10.4. The molecule has 0 fully saturated rings. The first-order valence-electron chi connectivity index (χ1n) is 7.37. The van der Waals surface area contributed by atoms with Gasteiger partial charge in [0.25, 0.3) is 5.91 Å². The van der Waals surface area contributed by atoms with Crippen molar-refractivity contribution < 1.29 is 9.53 Å². The fourth-order valence-electron chi connectivity index (χ4n) is 2.27. The second kappa shape index (κ2) is 7.19. The molecule has 0 saturated heterocycles. The lowest BCUT2D eigenvalue weighted by molar-refractivity contribution is 0.102. The topological polar surface area (TPSA) is 56.1 Å². The lowest BCUT2D eigenvalue weighted by Gasteiger charge is -2.06. The van der Waals surface area contributed by atoms with Crippen molar-refractivity contribution in [3.8, 4) is 5.75 Å². The number of aromatic nitrogens is 2. The molecular formula is C18H16ClN3O2. The molecule has 122 valence electrons. The molecule has 1 amide bonds. The van der Waals surface area contributed by atoms with E-state index in [2.05, 4.69) is 10.4 Å². The fourth-order valence-corrected chi connectivity index (χ4v) is 2.47. The fraction of sp³-hybridized carbons (Fsp3) is 0.111. The van der Waals surface area contributed by atoms with Crippen LogP contribution in [0, 0.1) is 0 Å². The molecule has 1 N–H and O–H groups in total. The Balaban J connectivity index is 1.70. The molecule has 3 rings (SSSR count). The summed E-state index contributed by atoms with van der Waals surface area (Å²) in [6.07, 6.45) is 3.23. The van der Waals surface area contributed by atoms with Crippen LogP contribution in [0.15, 0.2) is 60.9 Å². The number of anilines is 1. The van der Waals surface area contributed by atoms with Gasteiger partial charge >= 0.3 is 0 Å². The molecule has 0 spiro atoms. The largest absolute Gasteiger partial charge is 0.497 e. The molecule has 1 heterocycles. The highest BCUT2D eigenvalue weighted by atomic mass is 35.5. The molecule has 24 heavy (non-hydrogen) atoms. The van der Waals surface area contributed by atoms with Crippen molar-refractivity contribution in [1.29, 1.82) is 0 Å². The summed E-state index contributed by atoms with van der Waals surface area (Å²) in [4.78, 5) is 12.3. The van der Waals surface area contributed by atoms with E-state index in [0.717, 1.165) is 5.56 Å². The van der Waals surface area contributed by atoms with E-state index in [9.17, 15) is 4.79 Å². The highest BCUT2D eigenvalue weighted by molar-refractivity contribution is 6.31. The molecular weight excluding hydrogens is 326 g/mol. The molecule has 0 aliphatic heterocycles. The number of halogens is 1. The Labute approximate surface area is 144 Å². The molecule has 0 unspecified atom stereocenters. The number of amides is 1. The van der Waals surface area contributed by atoms with Gasteiger partial charge in [0.2, 0.25) is 0 Å². The van der Waals surface area contributed by atoms with Crippen LogP contribution in [0.2, 0.25) is 5.02 Å². The molecule has 0 aliphatic carbocycles. The first kappa shape index (κ1) is 16.1. The van der Waals surface area contributed by atoms with Gasteiger partial charge in [-0.25, -0.2) is 0 Å². The molecule has 6 heteroatoms. The van der Waals surface area contributed by atoms with Gasteiger partial charge in [-0.2, -0.15) is 5.10 Å². The number of carbonyl (C=O) groups is 1. The smallest absolute Gasteiger partial charge is 0.258 e. The minimum absolute atomic E-state index is 0.228. The summed E-state index contributed by atoms with van der Waals surface area (Å²) < 4.78 is 6.83. The third-order valence-corrected chi connectivity index (χ3v) is 3.88. The molecule has 5 nitrogen and oxygen atoms in total. The van der Waals surface area contributed by atoms with Crippen LogP contribution in [0.3, 0.4) is 0 Å². The number of benzene rings is 2. The van der Waals surface area contributed by atoms with E-state index >= 15 is 0 Å². The molecule has 0 bridgehead atoms. The maximum atomic E-state index is 12.3. The number of hydrogen-bond donors (Lipinski definition) is 1. The van der Waals surface area contributed by atoms with E-state index in [4.69, 9.17) is 16.3 Å². The van der Waals surface area contributed by atoms with E-state index in [1.165, 1.54) is 6.20 Å². The zero-order valence-corrected chi connectivity index (χ0v) is 13.8. The number of carbonyl (C=O) groups excluding carboxylic acids is 1. The summed E-state index contributed by atoms with van der Waals surface area (Å²) in [5, 5.41) is 7.72. The number of nitrogens with zero attached hydrogens (tertiary/aromatic N) is 2. The minimum atomic E-state index is -0.228. The van der Waals surface area contributed by atoms with E-state index in [0.29, 0.717) is 28.6 Å². The van der Waals surface area contributed by atoms with Crippen LogP contribution >= 0.6 is 11.6 Å². The average Bonchev–Trinajstić information content (AvgIpc) is 3.06. The lowest BCUT2D eigenvalue weighted by atomic mass is 10.2. The van der Waals surface area contributed by atoms with Gasteiger partial charge in [0.15, 0.2) is 0 Å². The van der Waals surface area contributed by atoms with Gasteiger partial charge in [-0.1, -0.05) is 35.9 Å². The Morgan fingerprint density at radius 1 is 1.25 bits per heavy atom. The summed E-state index contributed by atoms with van der Waals surface area (Å²) >= 11 is 6.15. The monoisotopic (exact) mass is 341 g/mol. The Hall–Kier alpha value is -2.79. The van der Waals surface area contributed by atoms with Gasteiger partial charge in [-0.3, -0.25) is 9.48 Å². The van der Waals surface area contributed by atoms with Crippen molar-refractivity contribution in [3.63, 3.8) is 0 Å². The van der Waals surface area contributed by atoms with Crippen LogP contribution < -0.4 is 10.1 Å². The van der Waals surface area contributed by atoms with Crippen LogP contribution in [0.4, 0.5) is 5.69 Å². The van der Waals surface area contributed by atoms with Crippen molar-refractivity contribution in [2.24, 2.45) is 0 Å². The molecule has 0 atom stereocenters. The summed E-state index contributed by atoms with van der Waals surface area (Å²) in [6.45, 7) is 0.506. The van der Waals surface area contributed by atoms with Gasteiger partial charge in [0.05, 0.1) is 25.4 Å². The number of rotatable bonds is 5. The van der Waals surface area contributed by atoms with Crippen LogP contribution in [0.1, 0.15) is 15.9 Å². The summed E-state index contributed by atoms with van der Waals surface area (Å²) in [6, 6.07) is 14.7. The maximum Gasteiger partial charge on any atom is 0.258 e. The van der Waals surface area contributed by atoms with E-state index < -0.39 is 0 Å². The standard InChI is InChI=1S/C18H16ClN3O2/c1-24-16-7-4-6-15(9-16)21-18(23)14-10-20-22(12-14)11-13-5-2-3-8-17(13)19/h2-10,12H,11H2,1H3,(H,21,23). The van der Waals surface area contributed by atoms with Crippen LogP contribution in [-0.2, 0) is 6.54 Å². The van der Waals surface area contributed by atoms with E-state index in [1.807, 2.05) is 36.4 Å². The van der Waals surface area contributed by atoms with E-state index in [1.54, 1.807) is 30.1 Å². The van der Waals surface area contributed by atoms with Gasteiger partial charge < -0.3 is 10.1 Å². The Morgan fingerprint density at radius 3 is 2.88 bits per heavy atom. The summed E-state index contributed by atoms with van der Waals surface area (Å²) in [7, 11) is 1.58. The highest BCUT2D eigenvalue weighted by Crippen LogP contribution is 2.18. The van der Waals surface area contributed by atoms with Crippen molar-refractivity contribution in [3.05, 3.63) is 77.1 Å². The Kier molecular flexibility index (Phi) is 4.82. The predicted octanol–water partition coefficient (Wildman–Crippen LogP) is 3.85. The molecule has 3 aromatic rings. The number of nitrogens with one attached hydrogen (secondary N) is 1. The third kappa shape index (κ3) is 3.75. The SMILES string of the molecule is COc1cccc(NC(=O)c2cnn(Cc3ccccc3Cl)c2)c1. The minimum Gasteiger partial charge on any atom is -0.497 e. The van der Waals surface area contributed by atoms with Crippen molar-refractivity contribution in [2.75, 3.05) is 12.4 Å². The zero-order chi connectivity index (χ0) is 16.9. The number of ether oxygens (including phenoxy) is 1. The van der Waals surface area contributed by atoms with E-state index in [-0.39, 0.29) is 5.91 Å². The Morgan fingerprint density at radius 2 is 2.08 bits per heavy atom. The number of hydrogen-bond acceptors (Lipinski definition) is 3. The summed E-state index contributed by atoms with van der Waals surface area (Å²) in [5.41, 5.74) is 2.09. The van der Waals surface area contributed by atoms with Crippen molar-refractivity contribution in [2.45, 2.75) is 6.54 Å². The average molecular weight is 342 g/mol. The van der Waals surface area contributed by atoms with Crippen LogP contribution in [-0.4, -0.2) is 22.8 Å². The molecule has 2 aromatic carbocycles. The zero-order valence-electron chi connectivity index (χ0n) is 13.1. The lowest BCUT2D eigenvalue weighted by Crippen LogP contribution is -2.11. The number of methoxy groups -OCH3 is 1. The van der Waals surface area contributed by atoms with Crippen LogP contribution in [0.5, 0.6) is 5.75 Å². The van der Waals surface area contributed by atoms with Gasteiger partial charge in [0, 0.05) is 23.0 Å². The molecule has 1 aromatic heterocycles. The summed E-state index contributed by atoms with van der Waals surface area (Å²) in [5.74, 6) is 0.455. The highest BCUT2D eigenvalue weighted by Gasteiger charge is 2.10. The van der Waals surface area contributed by atoms with Gasteiger partial charge in [-0.15, -0.1) is 0 Å². The quantitative estimate of drug-likeness (QED) is 0.767. The molecule has 0 aliphatic rings. The molecule has 0 radical (unpaired) electrons. The van der Waals surface area contributed by atoms with Crippen molar-refractivity contribution >= 4 is 23.2 Å². The van der Waals surface area contributed by atoms with Gasteiger partial charge in [0.1, 0.15) is 5.75 Å². The Bertz CT molecular complexity index is 861. The predicted molar refractivity (Wildman–Crippen MR) is 93.7 cm³/mol. The first-order valence-corrected chi connectivity index (χ1v) is 7.75. The third-order valence-electron chi connectivity index (χ3n) is 3.51. The maximum absolute atomic E-state index is 12.3.